The monoisotopic (exact) mass is 516 g/mol. The smallest absolute Gasteiger partial charge is 0.253 e. The number of carbonyl (C=O) groups is 2. The van der Waals surface area contributed by atoms with Gasteiger partial charge in [0.1, 0.15) is 5.82 Å². The molecule has 5 N–H and O–H groups in total. The molecular weight excluding hydrogens is 493 g/mol. The summed E-state index contributed by atoms with van der Waals surface area (Å²) in [6, 6.07) is 5.97. The summed E-state index contributed by atoms with van der Waals surface area (Å²) in [5, 5.41) is 6.97. The van der Waals surface area contributed by atoms with Crippen molar-refractivity contribution >= 4 is 33.6 Å². The van der Waals surface area contributed by atoms with Gasteiger partial charge in [0.15, 0.2) is 17.0 Å². The van der Waals surface area contributed by atoms with E-state index in [1.54, 1.807) is 0 Å². The maximum atomic E-state index is 13.9. The number of nitrogens with zero attached hydrogens (tertiary/aromatic N) is 1. The van der Waals surface area contributed by atoms with E-state index in [2.05, 4.69) is 5.32 Å². The van der Waals surface area contributed by atoms with Crippen LogP contribution in [0.25, 0.3) is 0 Å². The van der Waals surface area contributed by atoms with Gasteiger partial charge in [-0.3, -0.25) is 9.59 Å². The molecule has 1 heterocycles. The molecule has 2 aromatic rings. The highest BCUT2D eigenvalue weighted by Gasteiger charge is 2.35. The molecule has 2 amide bonds. The first kappa shape index (κ1) is 26.0. The average molecular weight is 517 g/mol. The molecule has 13 heteroatoms. The number of halogens is 3. The number of sulfonamides is 1. The molecule has 1 fully saturated rings. The summed E-state index contributed by atoms with van der Waals surface area (Å²) in [6.45, 7) is 0.425. The number of benzene rings is 2. The predicted octanol–water partition coefficient (Wildman–Crippen LogP) is 1.23. The Labute approximate surface area is 198 Å². The van der Waals surface area contributed by atoms with Crippen LogP contribution in [0.1, 0.15) is 17.5 Å². The Balaban J connectivity index is 1.56. The summed E-state index contributed by atoms with van der Waals surface area (Å²) in [5.41, 5.74) is 6.44. The van der Waals surface area contributed by atoms with Gasteiger partial charge in [0.05, 0.1) is 4.90 Å². The minimum Gasteiger partial charge on any atom is -0.349 e. The van der Waals surface area contributed by atoms with Crippen molar-refractivity contribution in [2.45, 2.75) is 35.7 Å². The van der Waals surface area contributed by atoms with Crippen LogP contribution in [0.4, 0.5) is 13.2 Å². The van der Waals surface area contributed by atoms with Gasteiger partial charge in [-0.1, -0.05) is 12.1 Å². The highest BCUT2D eigenvalue weighted by atomic mass is 32.2. The SMILES string of the molecule is NC(CC(=O)N1CCSC1C(=O)NCc1ccc(S(N)(=O)=O)cc1)Cc1cc(F)c(F)cc1F. The molecule has 0 aliphatic carbocycles. The molecule has 1 saturated heterocycles. The molecular formula is C21H23F3N4O4S2. The molecule has 3 rings (SSSR count). The van der Waals surface area contributed by atoms with Crippen LogP contribution in [0.2, 0.25) is 0 Å². The van der Waals surface area contributed by atoms with E-state index in [1.165, 1.54) is 40.9 Å². The average Bonchev–Trinajstić information content (AvgIpc) is 3.26. The van der Waals surface area contributed by atoms with E-state index < -0.39 is 50.7 Å². The first-order chi connectivity index (χ1) is 16.0. The molecule has 34 heavy (non-hydrogen) atoms. The summed E-state index contributed by atoms with van der Waals surface area (Å²) in [5.74, 6) is -3.77. The van der Waals surface area contributed by atoms with E-state index >= 15 is 0 Å². The van der Waals surface area contributed by atoms with Crippen LogP contribution in [0.5, 0.6) is 0 Å². The van der Waals surface area contributed by atoms with Gasteiger partial charge in [0.2, 0.25) is 15.9 Å². The number of nitrogens with one attached hydrogen (secondary N) is 1. The Morgan fingerprint density at radius 2 is 1.76 bits per heavy atom. The van der Waals surface area contributed by atoms with Crippen molar-refractivity contribution < 1.29 is 31.2 Å². The normalized spacial score (nSPS) is 17.0. The fourth-order valence-corrected chi connectivity index (χ4v) is 5.11. The molecule has 2 aromatic carbocycles. The fourth-order valence-electron chi connectivity index (χ4n) is 3.43. The Hall–Kier alpha value is -2.61. The number of amides is 2. The zero-order valence-corrected chi connectivity index (χ0v) is 19.5. The molecule has 0 bridgehead atoms. The molecule has 184 valence electrons. The standard InChI is InChI=1S/C21H23F3N4O4S2/c22-16-10-18(24)17(23)8-13(16)7-14(25)9-19(29)28-5-6-33-21(28)20(30)27-11-12-1-3-15(4-2-12)34(26,31)32/h1-4,8,10,14,21H,5-7,9,11,25H2,(H,27,30)(H2,26,31,32). The second-order valence-electron chi connectivity index (χ2n) is 7.74. The maximum Gasteiger partial charge on any atom is 0.253 e. The van der Waals surface area contributed by atoms with E-state index in [4.69, 9.17) is 10.9 Å². The number of hydrogen-bond acceptors (Lipinski definition) is 6. The molecule has 2 atom stereocenters. The highest BCUT2D eigenvalue weighted by molar-refractivity contribution is 8.00. The van der Waals surface area contributed by atoms with E-state index in [0.29, 0.717) is 30.0 Å². The molecule has 2 unspecified atom stereocenters. The van der Waals surface area contributed by atoms with Crippen LogP contribution in [0.15, 0.2) is 41.3 Å². The lowest BCUT2D eigenvalue weighted by molar-refractivity contribution is -0.136. The van der Waals surface area contributed by atoms with Crippen molar-refractivity contribution in [1.82, 2.24) is 10.2 Å². The van der Waals surface area contributed by atoms with Crippen molar-refractivity contribution in [2.75, 3.05) is 12.3 Å². The van der Waals surface area contributed by atoms with Crippen LogP contribution in [0.3, 0.4) is 0 Å². The van der Waals surface area contributed by atoms with Crippen LogP contribution < -0.4 is 16.2 Å². The number of hydrogen-bond donors (Lipinski definition) is 3. The van der Waals surface area contributed by atoms with Gasteiger partial charge >= 0.3 is 0 Å². The second-order valence-corrected chi connectivity index (χ2v) is 10.5. The molecule has 1 aliphatic heterocycles. The molecule has 0 spiro atoms. The summed E-state index contributed by atoms with van der Waals surface area (Å²) in [7, 11) is -3.82. The summed E-state index contributed by atoms with van der Waals surface area (Å²) < 4.78 is 63.0. The quantitative estimate of drug-likeness (QED) is 0.452. The Bertz CT molecular complexity index is 1180. The van der Waals surface area contributed by atoms with Gasteiger partial charge < -0.3 is 16.0 Å². The number of thioether (sulfide) groups is 1. The van der Waals surface area contributed by atoms with Gasteiger partial charge in [-0.05, 0) is 35.7 Å². The summed E-state index contributed by atoms with van der Waals surface area (Å²) in [6.07, 6.45) is -0.390. The predicted molar refractivity (Wildman–Crippen MR) is 120 cm³/mol. The molecule has 1 aliphatic rings. The van der Waals surface area contributed by atoms with E-state index in [-0.39, 0.29) is 29.8 Å². The molecule has 8 nitrogen and oxygen atoms in total. The maximum absolute atomic E-state index is 13.9. The van der Waals surface area contributed by atoms with E-state index in [0.717, 1.165) is 0 Å². The van der Waals surface area contributed by atoms with Crippen molar-refractivity contribution in [3.8, 4) is 0 Å². The van der Waals surface area contributed by atoms with Crippen LogP contribution in [-0.4, -0.2) is 48.8 Å². The Morgan fingerprint density at radius 1 is 1.12 bits per heavy atom. The van der Waals surface area contributed by atoms with Crippen molar-refractivity contribution in [3.63, 3.8) is 0 Å². The first-order valence-corrected chi connectivity index (χ1v) is 12.7. The second kappa shape index (κ2) is 10.8. The van der Waals surface area contributed by atoms with Gasteiger partial charge in [0.25, 0.3) is 5.91 Å². The Morgan fingerprint density at radius 3 is 2.41 bits per heavy atom. The van der Waals surface area contributed by atoms with Gasteiger partial charge in [-0.15, -0.1) is 11.8 Å². The van der Waals surface area contributed by atoms with Crippen molar-refractivity contribution in [3.05, 3.63) is 65.0 Å². The number of nitrogens with two attached hydrogens (primary N) is 2. The van der Waals surface area contributed by atoms with Gasteiger partial charge in [-0.2, -0.15) is 0 Å². The summed E-state index contributed by atoms with van der Waals surface area (Å²) in [4.78, 5) is 26.7. The minimum absolute atomic E-state index is 0.0507. The van der Waals surface area contributed by atoms with E-state index in [9.17, 15) is 31.2 Å². The lowest BCUT2D eigenvalue weighted by atomic mass is 10.0. The number of primary sulfonamides is 1. The third-order valence-corrected chi connectivity index (χ3v) is 7.29. The minimum atomic E-state index is -3.82. The molecule has 0 aromatic heterocycles. The van der Waals surface area contributed by atoms with E-state index in [1.807, 2.05) is 0 Å². The zero-order chi connectivity index (χ0) is 25.0. The lowest BCUT2D eigenvalue weighted by Gasteiger charge is -2.24. The zero-order valence-electron chi connectivity index (χ0n) is 17.8. The third-order valence-electron chi connectivity index (χ3n) is 5.16. The van der Waals surface area contributed by atoms with Crippen molar-refractivity contribution in [1.29, 1.82) is 0 Å². The van der Waals surface area contributed by atoms with Crippen LogP contribution in [0, 0.1) is 17.5 Å². The highest BCUT2D eigenvalue weighted by Crippen LogP contribution is 2.25. The van der Waals surface area contributed by atoms with Crippen LogP contribution >= 0.6 is 11.8 Å². The third kappa shape index (κ3) is 6.50. The van der Waals surface area contributed by atoms with Gasteiger partial charge in [0, 0.05) is 37.4 Å². The first-order valence-electron chi connectivity index (χ1n) is 10.1. The largest absolute Gasteiger partial charge is 0.349 e. The molecule has 0 radical (unpaired) electrons. The molecule has 0 saturated carbocycles. The Kier molecular flexibility index (Phi) is 8.23. The topological polar surface area (TPSA) is 136 Å². The van der Waals surface area contributed by atoms with Crippen LogP contribution in [-0.2, 0) is 32.6 Å². The lowest BCUT2D eigenvalue weighted by Crippen LogP contribution is -2.46. The number of carbonyl (C=O) groups excluding carboxylic acids is 2. The summed E-state index contributed by atoms with van der Waals surface area (Å²) >= 11 is 1.27. The number of rotatable bonds is 8. The van der Waals surface area contributed by atoms with Gasteiger partial charge in [-0.25, -0.2) is 26.7 Å². The fraction of sp³-hybridized carbons (Fsp3) is 0.333. The van der Waals surface area contributed by atoms with Crippen molar-refractivity contribution in [2.24, 2.45) is 10.9 Å².